The number of nitrogens with one attached hydrogen (secondary N) is 1. The van der Waals surface area contributed by atoms with Crippen LogP contribution in [-0.4, -0.2) is 19.9 Å². The Labute approximate surface area is 155 Å². The van der Waals surface area contributed by atoms with Gasteiger partial charge in [0.1, 0.15) is 11.6 Å². The van der Waals surface area contributed by atoms with Crippen molar-refractivity contribution in [3.8, 4) is 0 Å². The van der Waals surface area contributed by atoms with Crippen molar-refractivity contribution in [1.82, 2.24) is 9.88 Å². The highest BCUT2D eigenvalue weighted by Crippen LogP contribution is 2.30. The largest absolute Gasteiger partial charge is 0.361 e. The first-order chi connectivity index (χ1) is 11.9. The first kappa shape index (κ1) is 20.5. The number of aryl methyl sites for hydroxylation is 2. The van der Waals surface area contributed by atoms with Crippen molar-refractivity contribution in [1.29, 1.82) is 0 Å². The lowest BCUT2D eigenvalue weighted by Gasteiger charge is -2.33. The molecule has 1 heterocycles. The maximum Gasteiger partial charge on any atom is 0.170 e. The summed E-state index contributed by atoms with van der Waals surface area (Å²) in [5, 5.41) is 3.82. The fraction of sp³-hybridized carbons (Fsp3) is 0.474. The Bertz CT molecular complexity index is 822. The van der Waals surface area contributed by atoms with Gasteiger partial charge in [-0.15, -0.1) is 0 Å². The predicted molar refractivity (Wildman–Crippen MR) is 99.7 cm³/mol. The second-order valence-corrected chi connectivity index (χ2v) is 9.59. The lowest BCUT2D eigenvalue weighted by atomic mass is 9.86. The van der Waals surface area contributed by atoms with Crippen LogP contribution in [0, 0.1) is 19.7 Å². The Balaban J connectivity index is 2.44. The van der Waals surface area contributed by atoms with Gasteiger partial charge in [-0.05, 0) is 59.2 Å². The smallest absolute Gasteiger partial charge is 0.170 e. The molecule has 2 aromatic rings. The standard InChI is InChI=1S/C19H25FN2O3S/c1-12-17(13(2)25-21-12)16(23)11-19(6,22-26(24)18(3,4)5)14-8-7-9-15(20)10-14/h7-10,22H,11H2,1-6H3/t19-,26?/m0/s1. The van der Waals surface area contributed by atoms with Gasteiger partial charge in [-0.1, -0.05) is 17.3 Å². The third kappa shape index (κ3) is 4.45. The first-order valence-electron chi connectivity index (χ1n) is 8.36. The third-order valence-electron chi connectivity index (χ3n) is 4.16. The molecule has 7 heteroatoms. The summed E-state index contributed by atoms with van der Waals surface area (Å²) >= 11 is 0. The van der Waals surface area contributed by atoms with E-state index in [0.29, 0.717) is 22.6 Å². The highest BCUT2D eigenvalue weighted by Gasteiger charge is 2.36. The van der Waals surface area contributed by atoms with Gasteiger partial charge in [-0.25, -0.2) is 13.3 Å². The van der Waals surface area contributed by atoms with Crippen LogP contribution < -0.4 is 4.72 Å². The highest BCUT2D eigenvalue weighted by atomic mass is 32.2. The third-order valence-corrected chi connectivity index (χ3v) is 5.91. The Morgan fingerprint density at radius 1 is 1.27 bits per heavy atom. The van der Waals surface area contributed by atoms with Crippen molar-refractivity contribution in [2.24, 2.45) is 0 Å². The summed E-state index contributed by atoms with van der Waals surface area (Å²) in [6.45, 7) is 10.6. The van der Waals surface area contributed by atoms with Gasteiger partial charge in [0.25, 0.3) is 0 Å². The number of benzene rings is 1. The van der Waals surface area contributed by atoms with E-state index in [-0.39, 0.29) is 12.2 Å². The lowest BCUT2D eigenvalue weighted by molar-refractivity contribution is 0.0948. The van der Waals surface area contributed by atoms with Crippen LogP contribution >= 0.6 is 0 Å². The van der Waals surface area contributed by atoms with E-state index >= 15 is 0 Å². The minimum atomic E-state index is -1.45. The minimum absolute atomic E-state index is 0.0127. The fourth-order valence-electron chi connectivity index (χ4n) is 2.68. The van der Waals surface area contributed by atoms with E-state index in [0.717, 1.165) is 0 Å². The van der Waals surface area contributed by atoms with Crippen molar-refractivity contribution >= 4 is 16.8 Å². The van der Waals surface area contributed by atoms with E-state index in [9.17, 15) is 13.4 Å². The topological polar surface area (TPSA) is 72.2 Å². The number of halogens is 1. The molecule has 0 aliphatic heterocycles. The summed E-state index contributed by atoms with van der Waals surface area (Å²) < 4.78 is 34.1. The number of aromatic nitrogens is 1. The molecule has 0 aliphatic carbocycles. The molecule has 0 saturated carbocycles. The molecule has 1 N–H and O–H groups in total. The van der Waals surface area contributed by atoms with Crippen molar-refractivity contribution in [3.05, 3.63) is 52.7 Å². The van der Waals surface area contributed by atoms with Gasteiger partial charge in [-0.3, -0.25) is 4.79 Å². The van der Waals surface area contributed by atoms with E-state index in [2.05, 4.69) is 9.88 Å². The number of Topliss-reactive ketones (excluding diaryl/α,β-unsaturated/α-hetero) is 1. The summed E-state index contributed by atoms with van der Waals surface area (Å²) in [5.74, 6) is -0.181. The second kappa shape index (κ2) is 7.40. The number of ketones is 1. The molecule has 142 valence electrons. The fourth-order valence-corrected chi connectivity index (χ4v) is 3.58. The Morgan fingerprint density at radius 3 is 2.42 bits per heavy atom. The molecule has 5 nitrogen and oxygen atoms in total. The van der Waals surface area contributed by atoms with Crippen LogP contribution in [0.25, 0.3) is 0 Å². The van der Waals surface area contributed by atoms with Crippen LogP contribution in [0.5, 0.6) is 0 Å². The molecule has 0 fully saturated rings. The van der Waals surface area contributed by atoms with Gasteiger partial charge < -0.3 is 4.52 Å². The van der Waals surface area contributed by atoms with Gasteiger partial charge in [0, 0.05) is 6.42 Å². The van der Waals surface area contributed by atoms with Crippen molar-refractivity contribution < 1.29 is 17.9 Å². The minimum Gasteiger partial charge on any atom is -0.361 e. The molecule has 0 saturated heterocycles. The average Bonchev–Trinajstić information content (AvgIpc) is 2.85. The number of hydrogen-bond acceptors (Lipinski definition) is 4. The van der Waals surface area contributed by atoms with Crippen LogP contribution in [0.3, 0.4) is 0 Å². The number of rotatable bonds is 6. The molecule has 1 aromatic heterocycles. The lowest BCUT2D eigenvalue weighted by Crippen LogP contribution is -2.47. The number of hydrogen-bond donors (Lipinski definition) is 1. The average molecular weight is 380 g/mol. The van der Waals surface area contributed by atoms with Crippen LogP contribution in [0.1, 0.15) is 61.5 Å². The summed E-state index contributed by atoms with van der Waals surface area (Å²) in [6.07, 6.45) is -0.0127. The van der Waals surface area contributed by atoms with Crippen LogP contribution in [0.4, 0.5) is 4.39 Å². The Morgan fingerprint density at radius 2 is 1.92 bits per heavy atom. The summed E-state index contributed by atoms with van der Waals surface area (Å²) in [6, 6.07) is 5.98. The van der Waals surface area contributed by atoms with Gasteiger partial charge >= 0.3 is 0 Å². The molecule has 1 unspecified atom stereocenters. The van der Waals surface area contributed by atoms with E-state index in [1.165, 1.54) is 12.1 Å². The quantitative estimate of drug-likeness (QED) is 0.770. The SMILES string of the molecule is Cc1noc(C)c1C(=O)C[C@](C)(NS(=O)C(C)(C)C)c1cccc(F)c1. The van der Waals surface area contributed by atoms with Gasteiger partial charge in [0.2, 0.25) is 0 Å². The molecule has 0 radical (unpaired) electrons. The zero-order chi connectivity index (χ0) is 19.7. The molecule has 0 aliphatic rings. The summed E-state index contributed by atoms with van der Waals surface area (Å²) in [5.41, 5.74) is 0.449. The Kier molecular flexibility index (Phi) is 5.82. The van der Waals surface area contributed by atoms with E-state index in [1.807, 2.05) is 20.8 Å². The van der Waals surface area contributed by atoms with Crippen molar-refractivity contribution in [2.45, 2.75) is 58.2 Å². The highest BCUT2D eigenvalue weighted by molar-refractivity contribution is 7.84. The van der Waals surface area contributed by atoms with E-state index in [4.69, 9.17) is 4.52 Å². The monoisotopic (exact) mass is 380 g/mol. The molecule has 0 amide bonds. The summed E-state index contributed by atoms with van der Waals surface area (Å²) in [7, 11) is -1.45. The maximum absolute atomic E-state index is 13.8. The van der Waals surface area contributed by atoms with E-state index < -0.39 is 27.1 Å². The van der Waals surface area contributed by atoms with Gasteiger partial charge in [0.05, 0.1) is 32.5 Å². The predicted octanol–water partition coefficient (Wildman–Crippen LogP) is 3.97. The number of carbonyl (C=O) groups excluding carboxylic acids is 1. The molecular weight excluding hydrogens is 355 g/mol. The van der Waals surface area contributed by atoms with Crippen molar-refractivity contribution in [3.63, 3.8) is 0 Å². The maximum atomic E-state index is 13.8. The van der Waals surface area contributed by atoms with Crippen LogP contribution in [0.2, 0.25) is 0 Å². The van der Waals surface area contributed by atoms with Gasteiger partial charge in [-0.2, -0.15) is 0 Å². The number of carbonyl (C=O) groups is 1. The van der Waals surface area contributed by atoms with Gasteiger partial charge in [0.15, 0.2) is 5.78 Å². The molecule has 1 aromatic carbocycles. The Hall–Kier alpha value is -1.86. The molecule has 26 heavy (non-hydrogen) atoms. The molecule has 2 atom stereocenters. The molecular formula is C19H25FN2O3S. The summed E-state index contributed by atoms with van der Waals surface area (Å²) in [4.78, 5) is 12.9. The normalized spacial score (nSPS) is 15.5. The number of nitrogens with zero attached hydrogens (tertiary/aromatic N) is 1. The van der Waals surface area contributed by atoms with Crippen molar-refractivity contribution in [2.75, 3.05) is 0 Å². The zero-order valence-electron chi connectivity index (χ0n) is 16.0. The van der Waals surface area contributed by atoms with Crippen LogP contribution in [0.15, 0.2) is 28.8 Å². The molecule has 0 bridgehead atoms. The second-order valence-electron chi connectivity index (χ2n) is 7.62. The van der Waals surface area contributed by atoms with E-state index in [1.54, 1.807) is 32.9 Å². The zero-order valence-corrected chi connectivity index (χ0v) is 16.8. The molecule has 0 spiro atoms. The first-order valence-corrected chi connectivity index (χ1v) is 9.51. The molecule has 2 rings (SSSR count). The van der Waals surface area contributed by atoms with Crippen LogP contribution in [-0.2, 0) is 16.5 Å².